The predicted molar refractivity (Wildman–Crippen MR) is 85.6 cm³/mol. The zero-order valence-corrected chi connectivity index (χ0v) is 14.0. The molecule has 0 aromatic carbocycles. The quantitative estimate of drug-likeness (QED) is 0.488. The van der Waals surface area contributed by atoms with Crippen molar-refractivity contribution in [1.82, 2.24) is 5.32 Å². The Morgan fingerprint density at radius 1 is 1.14 bits per heavy atom. The largest absolute Gasteiger partial charge is 0.444 e. The number of unbranched alkanes of at least 4 members (excludes halogenated alkanes) is 2. The van der Waals surface area contributed by atoms with E-state index in [1.54, 1.807) is 0 Å². The number of carbonyl (C=O) groups excluding carboxylic acids is 2. The number of amides is 1. The maximum atomic E-state index is 11.4. The van der Waals surface area contributed by atoms with Gasteiger partial charge in [0.1, 0.15) is 5.60 Å². The van der Waals surface area contributed by atoms with Crippen LogP contribution in [-0.4, -0.2) is 49.8 Å². The van der Waals surface area contributed by atoms with Crippen LogP contribution in [0.15, 0.2) is 0 Å². The summed E-state index contributed by atoms with van der Waals surface area (Å²) in [7, 11) is 0. The topological polar surface area (TPSA) is 117 Å². The third-order valence-electron chi connectivity index (χ3n) is 2.79. The lowest BCUT2D eigenvalue weighted by Gasteiger charge is -2.19. The van der Waals surface area contributed by atoms with Crippen molar-refractivity contribution in [3.63, 3.8) is 0 Å². The number of Topliss-reactive ketones (excluding diaryl/α,β-unsaturated/α-hetero) is 1. The molecule has 130 valence electrons. The van der Waals surface area contributed by atoms with E-state index in [0.29, 0.717) is 26.2 Å². The van der Waals surface area contributed by atoms with E-state index in [1.807, 2.05) is 20.8 Å². The van der Waals surface area contributed by atoms with Gasteiger partial charge in [-0.15, -0.1) is 0 Å². The zero-order valence-electron chi connectivity index (χ0n) is 14.0. The van der Waals surface area contributed by atoms with Crippen LogP contribution in [0.5, 0.6) is 0 Å². The summed E-state index contributed by atoms with van der Waals surface area (Å²) in [6.45, 7) is 7.10. The van der Waals surface area contributed by atoms with Gasteiger partial charge in [-0.1, -0.05) is 6.42 Å². The molecule has 0 fully saturated rings. The van der Waals surface area contributed by atoms with Gasteiger partial charge in [0.05, 0.1) is 12.6 Å². The number of hydrogen-bond donors (Lipinski definition) is 3. The second kappa shape index (κ2) is 11.4. The Balaban J connectivity index is 3.38. The van der Waals surface area contributed by atoms with Gasteiger partial charge in [0.2, 0.25) is 0 Å². The first kappa shape index (κ1) is 20.8. The molecular weight excluding hydrogens is 286 g/mol. The molecule has 7 nitrogen and oxygen atoms in total. The van der Waals surface area contributed by atoms with Crippen LogP contribution in [-0.2, 0) is 14.3 Å². The molecule has 0 saturated heterocycles. The molecule has 22 heavy (non-hydrogen) atoms. The molecule has 0 radical (unpaired) electrons. The van der Waals surface area contributed by atoms with Crippen LogP contribution in [0.3, 0.4) is 0 Å². The van der Waals surface area contributed by atoms with Gasteiger partial charge in [0.15, 0.2) is 5.78 Å². The Bertz CT molecular complexity index is 329. The van der Waals surface area contributed by atoms with Crippen molar-refractivity contribution in [2.45, 2.75) is 58.1 Å². The minimum absolute atomic E-state index is 0.0185. The van der Waals surface area contributed by atoms with E-state index in [-0.39, 0.29) is 12.3 Å². The van der Waals surface area contributed by atoms with Gasteiger partial charge in [-0.3, -0.25) is 4.79 Å². The minimum Gasteiger partial charge on any atom is -0.444 e. The Hall–Kier alpha value is -1.18. The number of ether oxygens (including phenoxy) is 2. The third-order valence-corrected chi connectivity index (χ3v) is 2.79. The summed E-state index contributed by atoms with van der Waals surface area (Å²) >= 11 is 0. The van der Waals surface area contributed by atoms with Crippen molar-refractivity contribution in [2.75, 3.05) is 26.3 Å². The molecule has 1 unspecified atom stereocenters. The molecule has 1 amide bonds. The van der Waals surface area contributed by atoms with Crippen LogP contribution >= 0.6 is 0 Å². The number of nitrogens with two attached hydrogens (primary N) is 2. The maximum absolute atomic E-state index is 11.4. The molecule has 0 rings (SSSR count). The van der Waals surface area contributed by atoms with Crippen LogP contribution in [0.25, 0.3) is 0 Å². The van der Waals surface area contributed by atoms with Gasteiger partial charge in [0.25, 0.3) is 0 Å². The molecule has 0 saturated carbocycles. The second-order valence-electron chi connectivity index (χ2n) is 6.16. The summed E-state index contributed by atoms with van der Waals surface area (Å²) in [6.07, 6.45) is 2.61. The van der Waals surface area contributed by atoms with Gasteiger partial charge in [-0.2, -0.15) is 0 Å². The van der Waals surface area contributed by atoms with Crippen LogP contribution < -0.4 is 16.8 Å². The Labute approximate surface area is 133 Å². The van der Waals surface area contributed by atoms with Crippen molar-refractivity contribution in [3.8, 4) is 0 Å². The number of nitrogens with one attached hydrogen (secondary N) is 1. The Morgan fingerprint density at radius 2 is 1.82 bits per heavy atom. The summed E-state index contributed by atoms with van der Waals surface area (Å²) in [5, 5.41) is 2.62. The molecule has 0 bridgehead atoms. The fourth-order valence-electron chi connectivity index (χ4n) is 1.64. The number of alkyl carbamates (subject to hydrolysis) is 1. The molecule has 0 aliphatic carbocycles. The van der Waals surface area contributed by atoms with E-state index in [9.17, 15) is 9.59 Å². The van der Waals surface area contributed by atoms with Crippen molar-refractivity contribution < 1.29 is 19.1 Å². The highest BCUT2D eigenvalue weighted by molar-refractivity contribution is 5.83. The van der Waals surface area contributed by atoms with Crippen LogP contribution in [0, 0.1) is 0 Å². The smallest absolute Gasteiger partial charge is 0.407 e. The summed E-state index contributed by atoms with van der Waals surface area (Å²) in [5.41, 5.74) is 10.4. The molecule has 0 aromatic rings. The van der Waals surface area contributed by atoms with Gasteiger partial charge in [0, 0.05) is 26.1 Å². The SMILES string of the molecule is CC(C)(C)OC(=O)NCCOCCCCCC(=O)C(N)CN. The molecule has 0 aliphatic heterocycles. The Morgan fingerprint density at radius 3 is 2.41 bits per heavy atom. The van der Waals surface area contributed by atoms with E-state index in [2.05, 4.69) is 5.32 Å². The van der Waals surface area contributed by atoms with E-state index in [0.717, 1.165) is 19.3 Å². The number of hydrogen-bond acceptors (Lipinski definition) is 6. The lowest BCUT2D eigenvalue weighted by atomic mass is 10.1. The summed E-state index contributed by atoms with van der Waals surface area (Å²) < 4.78 is 10.5. The normalized spacial score (nSPS) is 12.8. The summed E-state index contributed by atoms with van der Waals surface area (Å²) in [6, 6.07) is -0.532. The lowest BCUT2D eigenvalue weighted by molar-refractivity contribution is -0.120. The van der Waals surface area contributed by atoms with Crippen LogP contribution in [0.1, 0.15) is 46.5 Å². The average molecular weight is 317 g/mol. The molecule has 1 atom stereocenters. The van der Waals surface area contributed by atoms with Gasteiger partial charge in [-0.25, -0.2) is 4.79 Å². The second-order valence-corrected chi connectivity index (χ2v) is 6.16. The number of ketones is 1. The molecular formula is C15H31N3O4. The molecule has 7 heteroatoms. The lowest BCUT2D eigenvalue weighted by Crippen LogP contribution is -2.37. The molecule has 0 aromatic heterocycles. The standard InChI is InChI=1S/C15H31N3O4/c1-15(2,3)22-14(20)18-8-10-21-9-6-4-5-7-13(19)12(17)11-16/h12H,4-11,16-17H2,1-3H3,(H,18,20). The van der Waals surface area contributed by atoms with E-state index in [4.69, 9.17) is 20.9 Å². The van der Waals surface area contributed by atoms with E-state index in [1.165, 1.54) is 0 Å². The first-order valence-electron chi connectivity index (χ1n) is 7.79. The first-order chi connectivity index (χ1) is 10.3. The number of carbonyl (C=O) groups is 2. The molecule has 5 N–H and O–H groups in total. The first-order valence-corrected chi connectivity index (χ1v) is 7.79. The highest BCUT2D eigenvalue weighted by Crippen LogP contribution is 2.06. The summed E-state index contributed by atoms with van der Waals surface area (Å²) in [5.74, 6) is 0.0185. The number of rotatable bonds is 11. The van der Waals surface area contributed by atoms with Crippen molar-refractivity contribution in [1.29, 1.82) is 0 Å². The van der Waals surface area contributed by atoms with Crippen LogP contribution in [0.4, 0.5) is 4.79 Å². The van der Waals surface area contributed by atoms with Crippen molar-refractivity contribution in [2.24, 2.45) is 11.5 Å². The van der Waals surface area contributed by atoms with Crippen LogP contribution in [0.2, 0.25) is 0 Å². The fourth-order valence-corrected chi connectivity index (χ4v) is 1.64. The fraction of sp³-hybridized carbons (Fsp3) is 0.867. The molecule has 0 aliphatic rings. The van der Waals surface area contributed by atoms with E-state index >= 15 is 0 Å². The third kappa shape index (κ3) is 12.6. The minimum atomic E-state index is -0.532. The van der Waals surface area contributed by atoms with Gasteiger partial charge in [-0.05, 0) is 33.6 Å². The van der Waals surface area contributed by atoms with E-state index < -0.39 is 17.7 Å². The predicted octanol–water partition coefficient (Wildman–Crippen LogP) is 0.943. The zero-order chi connectivity index (χ0) is 17.0. The highest BCUT2D eigenvalue weighted by atomic mass is 16.6. The average Bonchev–Trinajstić information content (AvgIpc) is 2.42. The highest BCUT2D eigenvalue weighted by Gasteiger charge is 2.15. The van der Waals surface area contributed by atoms with Gasteiger partial charge >= 0.3 is 6.09 Å². The summed E-state index contributed by atoms with van der Waals surface area (Å²) in [4.78, 5) is 22.8. The monoisotopic (exact) mass is 317 g/mol. The van der Waals surface area contributed by atoms with Crippen molar-refractivity contribution in [3.05, 3.63) is 0 Å². The van der Waals surface area contributed by atoms with Gasteiger partial charge < -0.3 is 26.3 Å². The molecule has 0 spiro atoms. The molecule has 0 heterocycles. The van der Waals surface area contributed by atoms with Crippen molar-refractivity contribution >= 4 is 11.9 Å². The Kier molecular flexibility index (Phi) is 10.8. The maximum Gasteiger partial charge on any atom is 0.407 e.